The number of aromatic hydroxyl groups is 1. The lowest BCUT2D eigenvalue weighted by atomic mass is 10.1. The van der Waals surface area contributed by atoms with E-state index in [0.717, 1.165) is 18.2 Å². The van der Waals surface area contributed by atoms with E-state index in [9.17, 15) is 24.8 Å². The van der Waals surface area contributed by atoms with E-state index in [2.05, 4.69) is 9.58 Å². The van der Waals surface area contributed by atoms with Crippen molar-refractivity contribution < 1.29 is 29.1 Å². The fraction of sp³-hybridized carbons (Fsp3) is 0.353. The minimum Gasteiger partial charge on any atom is -0.499 e. The minimum absolute atomic E-state index is 0.00151. The van der Waals surface area contributed by atoms with Crippen molar-refractivity contribution in [2.75, 3.05) is 19.7 Å². The zero-order valence-electron chi connectivity index (χ0n) is 15.1. The predicted octanol–water partition coefficient (Wildman–Crippen LogP) is 2.96. The largest absolute Gasteiger partial charge is 0.513 e. The van der Waals surface area contributed by atoms with Gasteiger partial charge < -0.3 is 19.5 Å². The van der Waals surface area contributed by atoms with Crippen LogP contribution in [0.5, 0.6) is 11.5 Å². The summed E-state index contributed by atoms with van der Waals surface area (Å²) >= 11 is 0. The predicted molar refractivity (Wildman–Crippen MR) is 94.9 cm³/mol. The van der Waals surface area contributed by atoms with Crippen molar-refractivity contribution in [3.63, 3.8) is 0 Å². The molecule has 0 aliphatic heterocycles. The molecule has 0 aromatic heterocycles. The second-order valence-corrected chi connectivity index (χ2v) is 5.05. The lowest BCUT2D eigenvalue weighted by Crippen LogP contribution is -2.30. The first-order chi connectivity index (χ1) is 12.8. The number of nitrogens with zero attached hydrogens (tertiary/aromatic N) is 3. The number of carbonyl (C=O) groups excluding carboxylic acids is 2. The van der Waals surface area contributed by atoms with Gasteiger partial charge in [0.1, 0.15) is 0 Å². The Bertz CT molecular complexity index is 807. The summed E-state index contributed by atoms with van der Waals surface area (Å²) in [6, 6.07) is 2.06. The van der Waals surface area contributed by atoms with Gasteiger partial charge in [-0.1, -0.05) is 0 Å². The van der Waals surface area contributed by atoms with E-state index in [1.165, 1.54) is 11.8 Å². The number of phenols is 1. The summed E-state index contributed by atoms with van der Waals surface area (Å²) in [6.45, 7) is 13.0. The normalized spacial score (nSPS) is 10.7. The first kappa shape index (κ1) is 21.4. The van der Waals surface area contributed by atoms with Crippen LogP contribution in [0.25, 0.3) is 10.9 Å². The third-order valence-corrected chi connectivity index (χ3v) is 3.42. The zero-order valence-corrected chi connectivity index (χ0v) is 15.1. The van der Waals surface area contributed by atoms with Crippen molar-refractivity contribution in [3.8, 4) is 11.5 Å². The van der Waals surface area contributed by atoms with Crippen molar-refractivity contribution in [1.29, 1.82) is 0 Å². The van der Waals surface area contributed by atoms with Crippen LogP contribution in [-0.4, -0.2) is 46.7 Å². The van der Waals surface area contributed by atoms with E-state index in [4.69, 9.17) is 11.3 Å². The van der Waals surface area contributed by atoms with Crippen molar-refractivity contribution in [1.82, 2.24) is 4.90 Å². The molecule has 10 nitrogen and oxygen atoms in total. The fourth-order valence-electron chi connectivity index (χ4n) is 2.12. The summed E-state index contributed by atoms with van der Waals surface area (Å²) in [5, 5.41) is 21.1. The Morgan fingerprint density at radius 3 is 2.44 bits per heavy atom. The summed E-state index contributed by atoms with van der Waals surface area (Å²) < 4.78 is 9.34. The minimum atomic E-state index is -1.16. The molecule has 1 amide bonds. The van der Waals surface area contributed by atoms with E-state index in [-0.39, 0.29) is 17.9 Å². The Morgan fingerprint density at radius 1 is 1.33 bits per heavy atom. The molecular formula is C17H19N3O7. The molecule has 0 aliphatic carbocycles. The van der Waals surface area contributed by atoms with E-state index in [1.807, 2.05) is 0 Å². The van der Waals surface area contributed by atoms with Gasteiger partial charge in [0, 0.05) is 19.2 Å². The SMILES string of the molecule is [C-]#[N+]C(=Cc1cc(OC(=O)OCC)c(O)c([N+](=O)[O-])c1)C(=O)N(CC)CC. The van der Waals surface area contributed by atoms with Crippen LogP contribution in [0, 0.1) is 16.7 Å². The van der Waals surface area contributed by atoms with Crippen molar-refractivity contribution in [3.05, 3.63) is 44.9 Å². The second-order valence-electron chi connectivity index (χ2n) is 5.05. The maximum absolute atomic E-state index is 12.3. The number of likely N-dealkylation sites (N-methyl/N-ethyl adjacent to an activating group) is 1. The van der Waals surface area contributed by atoms with Crippen LogP contribution in [0.2, 0.25) is 0 Å². The highest BCUT2D eigenvalue weighted by molar-refractivity contribution is 5.99. The molecule has 27 heavy (non-hydrogen) atoms. The standard InChI is InChI=1S/C17H19N3O7/c1-5-19(6-2)16(22)12(18-4)8-11-9-13(20(24)25)15(21)14(10-11)27-17(23)26-7-3/h8-10,21H,5-7H2,1-3H3. The Kier molecular flexibility index (Phi) is 7.75. The molecule has 0 heterocycles. The smallest absolute Gasteiger partial charge is 0.499 e. The van der Waals surface area contributed by atoms with Gasteiger partial charge in [-0.2, -0.15) is 0 Å². The van der Waals surface area contributed by atoms with E-state index in [0.29, 0.717) is 13.1 Å². The summed E-state index contributed by atoms with van der Waals surface area (Å²) in [6.07, 6.45) is -0.0363. The molecule has 1 rings (SSSR count). The number of ether oxygens (including phenoxy) is 2. The number of rotatable bonds is 7. The number of benzene rings is 1. The molecule has 0 atom stereocenters. The van der Waals surface area contributed by atoms with Gasteiger partial charge >= 0.3 is 11.8 Å². The van der Waals surface area contributed by atoms with Gasteiger partial charge in [0.25, 0.3) is 11.6 Å². The van der Waals surface area contributed by atoms with Crippen LogP contribution in [-0.2, 0) is 9.53 Å². The molecule has 0 unspecified atom stereocenters. The second kappa shape index (κ2) is 9.76. The highest BCUT2D eigenvalue weighted by Gasteiger charge is 2.23. The molecule has 1 N–H and O–H groups in total. The molecule has 0 saturated carbocycles. The first-order valence-electron chi connectivity index (χ1n) is 8.03. The molecule has 0 spiro atoms. The molecule has 144 valence electrons. The Morgan fingerprint density at radius 2 is 1.96 bits per heavy atom. The average molecular weight is 377 g/mol. The van der Waals surface area contributed by atoms with E-state index in [1.54, 1.807) is 13.8 Å². The number of hydrogen-bond acceptors (Lipinski definition) is 7. The third-order valence-electron chi connectivity index (χ3n) is 3.42. The highest BCUT2D eigenvalue weighted by Crippen LogP contribution is 2.38. The molecule has 10 heteroatoms. The number of hydrogen-bond donors (Lipinski definition) is 1. The van der Waals surface area contributed by atoms with Crippen LogP contribution >= 0.6 is 0 Å². The summed E-state index contributed by atoms with van der Waals surface area (Å²) in [5.41, 5.74) is -0.992. The van der Waals surface area contributed by atoms with Crippen LogP contribution in [0.4, 0.5) is 10.5 Å². The highest BCUT2D eigenvalue weighted by atomic mass is 16.7. The number of amides is 1. The summed E-state index contributed by atoms with van der Waals surface area (Å²) in [4.78, 5) is 38.6. The lowest BCUT2D eigenvalue weighted by molar-refractivity contribution is -0.385. The Hall–Kier alpha value is -3.61. The molecule has 0 fully saturated rings. The molecule has 0 saturated heterocycles. The molecular weight excluding hydrogens is 358 g/mol. The molecule has 0 radical (unpaired) electrons. The van der Waals surface area contributed by atoms with Crippen molar-refractivity contribution in [2.24, 2.45) is 0 Å². The monoisotopic (exact) mass is 377 g/mol. The Balaban J connectivity index is 3.43. The topological polar surface area (TPSA) is 124 Å². The van der Waals surface area contributed by atoms with Gasteiger partial charge in [0.15, 0.2) is 5.75 Å². The van der Waals surface area contributed by atoms with Crippen molar-refractivity contribution >= 4 is 23.8 Å². The number of nitro benzene ring substituents is 1. The van der Waals surface area contributed by atoms with Crippen LogP contribution in [0.15, 0.2) is 17.8 Å². The summed E-state index contributed by atoms with van der Waals surface area (Å²) in [7, 11) is 0. The molecule has 1 aromatic carbocycles. The first-order valence-corrected chi connectivity index (χ1v) is 8.03. The van der Waals surface area contributed by atoms with Crippen LogP contribution < -0.4 is 4.74 Å². The van der Waals surface area contributed by atoms with Crippen LogP contribution in [0.1, 0.15) is 26.3 Å². The van der Waals surface area contributed by atoms with Crippen molar-refractivity contribution in [2.45, 2.75) is 20.8 Å². The molecule has 1 aromatic rings. The fourth-order valence-corrected chi connectivity index (χ4v) is 2.12. The van der Waals surface area contributed by atoms with E-state index >= 15 is 0 Å². The maximum Gasteiger partial charge on any atom is 0.513 e. The van der Waals surface area contributed by atoms with E-state index < -0.39 is 34.2 Å². The van der Waals surface area contributed by atoms with Gasteiger partial charge in [0.2, 0.25) is 5.75 Å². The maximum atomic E-state index is 12.3. The molecule has 0 aliphatic rings. The van der Waals surface area contributed by atoms with Gasteiger partial charge in [0.05, 0.1) is 18.1 Å². The van der Waals surface area contributed by atoms with Gasteiger partial charge in [-0.15, -0.1) is 0 Å². The Labute approximate surface area is 155 Å². The van der Waals surface area contributed by atoms with Crippen LogP contribution in [0.3, 0.4) is 0 Å². The van der Waals surface area contributed by atoms with Gasteiger partial charge in [-0.3, -0.25) is 14.9 Å². The molecule has 0 bridgehead atoms. The summed E-state index contributed by atoms with van der Waals surface area (Å²) in [5.74, 6) is -1.93. The quantitative estimate of drug-likeness (QED) is 0.193. The number of phenolic OH excluding ortho intramolecular Hbond substituents is 1. The third kappa shape index (κ3) is 5.43. The zero-order chi connectivity index (χ0) is 20.6. The number of carbonyl (C=O) groups is 2. The lowest BCUT2D eigenvalue weighted by Gasteiger charge is -2.18. The number of nitro groups is 1. The van der Waals surface area contributed by atoms with Gasteiger partial charge in [-0.25, -0.2) is 9.64 Å². The van der Waals surface area contributed by atoms with Gasteiger partial charge in [-0.05, 0) is 38.5 Å². The average Bonchev–Trinajstić information content (AvgIpc) is 2.62.